The number of methoxy groups -OCH3 is 2. The first-order valence-corrected chi connectivity index (χ1v) is 10.7. The molecule has 0 aliphatic carbocycles. The lowest BCUT2D eigenvalue weighted by Gasteiger charge is -2.30. The predicted molar refractivity (Wildman–Crippen MR) is 120 cm³/mol. The molecule has 32 heavy (non-hydrogen) atoms. The second-order valence-corrected chi connectivity index (χ2v) is 7.76. The number of piperidine rings is 1. The van der Waals surface area contributed by atoms with Crippen LogP contribution in [-0.4, -0.2) is 57.1 Å². The summed E-state index contributed by atoms with van der Waals surface area (Å²) in [6.07, 6.45) is 4.54. The molecule has 0 radical (unpaired) electrons. The SMILES string of the molecule is COc1ccc(OC)c(/C=C/C(=O)N2CCC(C(=O)c3ccc4c(c3)OCCO4)CC2)c1. The van der Waals surface area contributed by atoms with Gasteiger partial charge in [-0.15, -0.1) is 0 Å². The van der Waals surface area contributed by atoms with E-state index >= 15 is 0 Å². The summed E-state index contributed by atoms with van der Waals surface area (Å²) in [6, 6.07) is 10.8. The van der Waals surface area contributed by atoms with Gasteiger partial charge in [-0.2, -0.15) is 0 Å². The minimum absolute atomic E-state index is 0.0832. The van der Waals surface area contributed by atoms with Crippen molar-refractivity contribution in [2.24, 2.45) is 5.92 Å². The molecular formula is C25H27NO6. The van der Waals surface area contributed by atoms with Crippen molar-refractivity contribution in [3.8, 4) is 23.0 Å². The molecule has 1 amide bonds. The third kappa shape index (κ3) is 4.72. The van der Waals surface area contributed by atoms with Crippen molar-refractivity contribution >= 4 is 17.8 Å². The number of nitrogens with zero attached hydrogens (tertiary/aromatic N) is 1. The molecule has 2 heterocycles. The van der Waals surface area contributed by atoms with Crippen LogP contribution in [0.2, 0.25) is 0 Å². The zero-order valence-electron chi connectivity index (χ0n) is 18.3. The van der Waals surface area contributed by atoms with E-state index in [0.29, 0.717) is 67.7 Å². The van der Waals surface area contributed by atoms with Gasteiger partial charge >= 0.3 is 0 Å². The number of carbonyl (C=O) groups is 2. The second kappa shape index (κ2) is 9.77. The molecule has 0 N–H and O–H groups in total. The lowest BCUT2D eigenvalue weighted by atomic mass is 9.88. The minimum atomic E-state index is -0.107. The van der Waals surface area contributed by atoms with Crippen molar-refractivity contribution in [2.75, 3.05) is 40.5 Å². The van der Waals surface area contributed by atoms with E-state index in [4.69, 9.17) is 18.9 Å². The Balaban J connectivity index is 1.36. The summed E-state index contributed by atoms with van der Waals surface area (Å²) >= 11 is 0. The summed E-state index contributed by atoms with van der Waals surface area (Å²) < 4.78 is 21.7. The number of fused-ring (bicyclic) bond motifs is 1. The Bertz CT molecular complexity index is 1020. The number of ketones is 1. The average molecular weight is 437 g/mol. The van der Waals surface area contributed by atoms with Crippen LogP contribution in [0.4, 0.5) is 0 Å². The number of Topliss-reactive ketones (excluding diaryl/α,β-unsaturated/α-hetero) is 1. The molecule has 4 rings (SSSR count). The van der Waals surface area contributed by atoms with E-state index in [2.05, 4.69) is 0 Å². The molecule has 0 unspecified atom stereocenters. The average Bonchev–Trinajstić information content (AvgIpc) is 2.86. The monoisotopic (exact) mass is 437 g/mol. The first-order valence-electron chi connectivity index (χ1n) is 10.7. The normalized spacial score (nSPS) is 16.1. The number of benzene rings is 2. The molecule has 1 saturated heterocycles. The van der Waals surface area contributed by atoms with Gasteiger partial charge < -0.3 is 23.8 Å². The topological polar surface area (TPSA) is 74.3 Å². The molecule has 1 fully saturated rings. The fourth-order valence-electron chi connectivity index (χ4n) is 4.03. The zero-order valence-corrected chi connectivity index (χ0v) is 18.3. The molecule has 0 saturated carbocycles. The molecule has 2 aromatic rings. The summed E-state index contributed by atoms with van der Waals surface area (Å²) in [6.45, 7) is 2.09. The number of carbonyl (C=O) groups excluding carboxylic acids is 2. The molecule has 0 atom stereocenters. The fraction of sp³-hybridized carbons (Fsp3) is 0.360. The van der Waals surface area contributed by atoms with Crippen LogP contribution in [0, 0.1) is 5.92 Å². The minimum Gasteiger partial charge on any atom is -0.497 e. The first kappa shape index (κ1) is 21.7. The lowest BCUT2D eigenvalue weighted by molar-refractivity contribution is -0.127. The maximum absolute atomic E-state index is 13.0. The van der Waals surface area contributed by atoms with Crippen molar-refractivity contribution in [2.45, 2.75) is 12.8 Å². The van der Waals surface area contributed by atoms with Crippen LogP contribution < -0.4 is 18.9 Å². The smallest absolute Gasteiger partial charge is 0.246 e. The van der Waals surface area contributed by atoms with Crippen LogP contribution in [0.25, 0.3) is 6.08 Å². The van der Waals surface area contributed by atoms with Crippen LogP contribution in [0.15, 0.2) is 42.5 Å². The molecular weight excluding hydrogens is 410 g/mol. The van der Waals surface area contributed by atoms with E-state index < -0.39 is 0 Å². The number of ether oxygens (including phenoxy) is 4. The molecule has 7 heteroatoms. The van der Waals surface area contributed by atoms with Gasteiger partial charge in [-0.05, 0) is 55.3 Å². The Hall–Kier alpha value is -3.48. The maximum Gasteiger partial charge on any atom is 0.246 e. The molecule has 0 aromatic heterocycles. The summed E-state index contributed by atoms with van der Waals surface area (Å²) in [7, 11) is 3.18. The van der Waals surface area contributed by atoms with Crippen LogP contribution in [0.5, 0.6) is 23.0 Å². The van der Waals surface area contributed by atoms with Gasteiger partial charge in [0, 0.05) is 36.2 Å². The van der Waals surface area contributed by atoms with Gasteiger partial charge in [-0.1, -0.05) is 0 Å². The molecule has 0 spiro atoms. The Morgan fingerprint density at radius 3 is 2.44 bits per heavy atom. The number of hydrogen-bond acceptors (Lipinski definition) is 6. The molecule has 0 bridgehead atoms. The quantitative estimate of drug-likeness (QED) is 0.508. The van der Waals surface area contributed by atoms with E-state index in [1.165, 1.54) is 0 Å². The number of rotatable bonds is 6. The maximum atomic E-state index is 13.0. The number of likely N-dealkylation sites (tertiary alicyclic amines) is 1. The molecule has 2 aromatic carbocycles. The first-order chi connectivity index (χ1) is 15.6. The van der Waals surface area contributed by atoms with E-state index in [0.717, 1.165) is 5.56 Å². The van der Waals surface area contributed by atoms with Gasteiger partial charge in [0.1, 0.15) is 24.7 Å². The second-order valence-electron chi connectivity index (χ2n) is 7.76. The van der Waals surface area contributed by atoms with Gasteiger partial charge in [0.2, 0.25) is 5.91 Å². The fourth-order valence-corrected chi connectivity index (χ4v) is 4.03. The van der Waals surface area contributed by atoms with Gasteiger partial charge in [0.15, 0.2) is 17.3 Å². The highest BCUT2D eigenvalue weighted by molar-refractivity contribution is 5.99. The van der Waals surface area contributed by atoms with Gasteiger partial charge in [0.25, 0.3) is 0 Å². The predicted octanol–water partition coefficient (Wildman–Crippen LogP) is 3.61. The zero-order chi connectivity index (χ0) is 22.5. The summed E-state index contributed by atoms with van der Waals surface area (Å²) in [4.78, 5) is 27.4. The highest BCUT2D eigenvalue weighted by Crippen LogP contribution is 2.32. The molecule has 2 aliphatic heterocycles. The third-order valence-electron chi connectivity index (χ3n) is 5.85. The summed E-state index contributed by atoms with van der Waals surface area (Å²) in [5.74, 6) is 2.55. The van der Waals surface area contributed by atoms with Crippen molar-refractivity contribution in [3.05, 3.63) is 53.6 Å². The Kier molecular flexibility index (Phi) is 6.63. The van der Waals surface area contributed by atoms with Gasteiger partial charge in [-0.25, -0.2) is 0 Å². The van der Waals surface area contributed by atoms with Gasteiger partial charge in [-0.3, -0.25) is 9.59 Å². The Morgan fingerprint density at radius 1 is 0.969 bits per heavy atom. The van der Waals surface area contributed by atoms with Crippen molar-refractivity contribution in [1.82, 2.24) is 4.90 Å². The highest BCUT2D eigenvalue weighted by atomic mass is 16.6. The van der Waals surface area contributed by atoms with E-state index in [1.807, 2.05) is 12.1 Å². The molecule has 7 nitrogen and oxygen atoms in total. The van der Waals surface area contributed by atoms with E-state index in [1.54, 1.807) is 55.5 Å². The van der Waals surface area contributed by atoms with Crippen molar-refractivity contribution in [3.63, 3.8) is 0 Å². The Morgan fingerprint density at radius 2 is 1.72 bits per heavy atom. The van der Waals surface area contributed by atoms with E-state index in [-0.39, 0.29) is 17.6 Å². The molecule has 168 valence electrons. The van der Waals surface area contributed by atoms with Crippen LogP contribution in [0.1, 0.15) is 28.8 Å². The third-order valence-corrected chi connectivity index (χ3v) is 5.85. The number of hydrogen-bond donors (Lipinski definition) is 0. The number of amides is 1. The van der Waals surface area contributed by atoms with Crippen LogP contribution in [0.3, 0.4) is 0 Å². The van der Waals surface area contributed by atoms with Gasteiger partial charge in [0.05, 0.1) is 14.2 Å². The van der Waals surface area contributed by atoms with E-state index in [9.17, 15) is 9.59 Å². The van der Waals surface area contributed by atoms with Crippen LogP contribution in [-0.2, 0) is 4.79 Å². The summed E-state index contributed by atoms with van der Waals surface area (Å²) in [5, 5.41) is 0. The largest absolute Gasteiger partial charge is 0.497 e. The van der Waals surface area contributed by atoms with Crippen molar-refractivity contribution < 1.29 is 28.5 Å². The summed E-state index contributed by atoms with van der Waals surface area (Å²) in [5.41, 5.74) is 1.40. The Labute approximate surface area is 187 Å². The van der Waals surface area contributed by atoms with Crippen molar-refractivity contribution in [1.29, 1.82) is 0 Å². The highest BCUT2D eigenvalue weighted by Gasteiger charge is 2.28. The lowest BCUT2D eigenvalue weighted by Crippen LogP contribution is -2.39. The van der Waals surface area contributed by atoms with Crippen LogP contribution >= 0.6 is 0 Å². The standard InChI is InChI=1S/C25H27NO6/c1-29-20-5-7-21(30-2)18(15-20)4-8-24(27)26-11-9-17(10-12-26)25(28)19-3-6-22-23(16-19)32-14-13-31-22/h3-8,15-17H,9-14H2,1-2H3/b8-4+. The molecule has 2 aliphatic rings.